The van der Waals surface area contributed by atoms with Crippen LogP contribution in [0.5, 0.6) is 0 Å². The molecule has 0 bridgehead atoms. The van der Waals surface area contributed by atoms with E-state index in [1.54, 1.807) is 13.8 Å². The Labute approximate surface area is 175 Å². The summed E-state index contributed by atoms with van der Waals surface area (Å²) in [5, 5.41) is 42.1. The van der Waals surface area contributed by atoms with Crippen molar-refractivity contribution in [2.75, 3.05) is 6.61 Å². The Morgan fingerprint density at radius 2 is 1.87 bits per heavy atom. The monoisotopic (exact) mass is 422 g/mol. The highest BCUT2D eigenvalue weighted by atomic mass is 19.1. The summed E-state index contributed by atoms with van der Waals surface area (Å²) in [6, 6.07) is 0. The molecule has 4 N–H and O–H groups in total. The van der Waals surface area contributed by atoms with Crippen molar-refractivity contribution in [1.82, 2.24) is 0 Å². The molecule has 4 aliphatic carbocycles. The Hall–Kier alpha value is -1.67. The van der Waals surface area contributed by atoms with E-state index in [1.165, 1.54) is 18.2 Å². The van der Waals surface area contributed by atoms with E-state index in [1.807, 2.05) is 0 Å². The summed E-state index contributed by atoms with van der Waals surface area (Å²) in [5.74, 6) is -2.38. The van der Waals surface area contributed by atoms with Gasteiger partial charge in [0.25, 0.3) is 0 Å². The first-order valence-corrected chi connectivity index (χ1v) is 10.3. The van der Waals surface area contributed by atoms with E-state index in [-0.39, 0.29) is 18.6 Å². The van der Waals surface area contributed by atoms with Gasteiger partial charge in [-0.25, -0.2) is 4.39 Å². The van der Waals surface area contributed by atoms with Crippen LogP contribution in [0.25, 0.3) is 0 Å². The first-order chi connectivity index (χ1) is 14.0. The van der Waals surface area contributed by atoms with Crippen LogP contribution in [0.3, 0.4) is 0 Å². The van der Waals surface area contributed by atoms with Crippen LogP contribution in [-0.2, 0) is 9.59 Å². The Bertz CT molecular complexity index is 823. The fourth-order valence-corrected chi connectivity index (χ4v) is 6.85. The maximum Gasteiger partial charge on any atom is 0.192 e. The highest BCUT2D eigenvalue weighted by Gasteiger charge is 2.76. The molecule has 4 aliphatic rings. The van der Waals surface area contributed by atoms with Gasteiger partial charge in [-0.05, 0) is 50.7 Å². The van der Waals surface area contributed by atoms with E-state index in [9.17, 15) is 30.0 Å². The van der Waals surface area contributed by atoms with Gasteiger partial charge < -0.3 is 20.4 Å². The van der Waals surface area contributed by atoms with Crippen molar-refractivity contribution in [3.63, 3.8) is 0 Å². The van der Waals surface area contributed by atoms with Crippen LogP contribution >= 0.6 is 0 Å². The van der Waals surface area contributed by atoms with Gasteiger partial charge in [0.15, 0.2) is 22.8 Å². The molecule has 0 saturated heterocycles. The molecule has 4 rings (SSSR count). The van der Waals surface area contributed by atoms with Crippen molar-refractivity contribution in [2.24, 2.45) is 22.7 Å². The fraction of sp³-hybridized carbons (Fsp3) is 0.652. The summed E-state index contributed by atoms with van der Waals surface area (Å²) in [5.41, 5.74) is -6.12. The molecule has 6 nitrogen and oxygen atoms in total. The van der Waals surface area contributed by atoms with Crippen molar-refractivity contribution in [3.05, 3.63) is 37.0 Å². The number of halogens is 1. The second-order valence-corrected chi connectivity index (χ2v) is 9.36. The number of rotatable bonds is 2. The Kier molecular flexibility index (Phi) is 5.51. The average molecular weight is 422 g/mol. The van der Waals surface area contributed by atoms with Gasteiger partial charge in [-0.1, -0.05) is 18.6 Å². The zero-order valence-electron chi connectivity index (χ0n) is 17.5. The van der Waals surface area contributed by atoms with Crippen LogP contribution in [0.2, 0.25) is 0 Å². The maximum absolute atomic E-state index is 16.8. The molecule has 8 atom stereocenters. The quantitative estimate of drug-likeness (QED) is 0.501. The SMILES string of the molecule is C=C.C[C@]12C=CC(=O)C=C1CC[C@H]1[C@@H]3C[C@@H](O)[C@](O)(C(=O)CO)[C@@]3(C)CC(O)[C@@]12F. The summed E-state index contributed by atoms with van der Waals surface area (Å²) in [4.78, 5) is 24.2. The highest BCUT2D eigenvalue weighted by Crippen LogP contribution is 2.69. The first-order valence-electron chi connectivity index (χ1n) is 10.3. The molecule has 7 heteroatoms. The van der Waals surface area contributed by atoms with Gasteiger partial charge in [0.2, 0.25) is 0 Å². The Morgan fingerprint density at radius 1 is 1.23 bits per heavy atom. The largest absolute Gasteiger partial charge is 0.390 e. The molecule has 0 aliphatic heterocycles. The second-order valence-electron chi connectivity index (χ2n) is 9.36. The minimum atomic E-state index is -2.23. The molecule has 1 unspecified atom stereocenters. The van der Waals surface area contributed by atoms with Gasteiger partial charge in [-0.3, -0.25) is 9.59 Å². The van der Waals surface area contributed by atoms with Crippen molar-refractivity contribution in [3.8, 4) is 0 Å². The molecule has 0 heterocycles. The normalized spacial score (nSPS) is 49.2. The predicted molar refractivity (Wildman–Crippen MR) is 108 cm³/mol. The second kappa shape index (κ2) is 7.19. The number of alkyl halides is 1. The van der Waals surface area contributed by atoms with E-state index in [4.69, 9.17) is 0 Å². The van der Waals surface area contributed by atoms with Gasteiger partial charge in [-0.15, -0.1) is 13.2 Å². The maximum atomic E-state index is 16.8. The summed E-state index contributed by atoms with van der Waals surface area (Å²) in [7, 11) is 0. The highest BCUT2D eigenvalue weighted by molar-refractivity contribution is 6.01. The minimum absolute atomic E-state index is 0.0135. The van der Waals surface area contributed by atoms with Crippen LogP contribution in [0, 0.1) is 22.7 Å². The number of carbonyl (C=O) groups is 2. The van der Waals surface area contributed by atoms with E-state index >= 15 is 4.39 Å². The summed E-state index contributed by atoms with van der Waals surface area (Å²) in [6.07, 6.45) is 1.93. The lowest BCUT2D eigenvalue weighted by atomic mass is 9.44. The van der Waals surface area contributed by atoms with E-state index in [0.717, 1.165) is 0 Å². The molecular formula is C23H31FO6. The smallest absolute Gasteiger partial charge is 0.192 e. The first kappa shape index (κ1) is 23.0. The average Bonchev–Trinajstić information content (AvgIpc) is 2.92. The lowest BCUT2D eigenvalue weighted by Gasteiger charge is -2.62. The summed E-state index contributed by atoms with van der Waals surface area (Å²) < 4.78 is 16.8. The summed E-state index contributed by atoms with van der Waals surface area (Å²) >= 11 is 0. The van der Waals surface area contributed by atoms with Gasteiger partial charge in [-0.2, -0.15) is 0 Å². The number of aliphatic hydroxyl groups is 4. The number of aliphatic hydroxyl groups excluding tert-OH is 3. The number of Topliss-reactive ketones (excluding diaryl/α,β-unsaturated/α-hetero) is 1. The number of hydrogen-bond donors (Lipinski definition) is 4. The van der Waals surface area contributed by atoms with Gasteiger partial charge in [0, 0.05) is 16.7 Å². The molecule has 3 saturated carbocycles. The van der Waals surface area contributed by atoms with Gasteiger partial charge >= 0.3 is 0 Å². The topological polar surface area (TPSA) is 115 Å². The van der Waals surface area contributed by atoms with Crippen LogP contribution in [0.1, 0.15) is 39.5 Å². The molecule has 166 valence electrons. The van der Waals surface area contributed by atoms with Crippen molar-refractivity contribution in [1.29, 1.82) is 0 Å². The van der Waals surface area contributed by atoms with Crippen molar-refractivity contribution >= 4 is 11.6 Å². The number of allylic oxidation sites excluding steroid dienone is 4. The van der Waals surface area contributed by atoms with Crippen LogP contribution < -0.4 is 0 Å². The van der Waals surface area contributed by atoms with Crippen LogP contribution in [0.15, 0.2) is 37.0 Å². The number of carbonyl (C=O) groups excluding carboxylic acids is 2. The number of ketones is 2. The minimum Gasteiger partial charge on any atom is -0.390 e. The van der Waals surface area contributed by atoms with E-state index < -0.39 is 58.5 Å². The number of fused-ring (bicyclic) bond motifs is 5. The molecule has 0 radical (unpaired) electrons. The molecule has 30 heavy (non-hydrogen) atoms. The molecule has 0 aromatic carbocycles. The summed E-state index contributed by atoms with van der Waals surface area (Å²) in [6.45, 7) is 8.33. The molecule has 0 aromatic heterocycles. The fourth-order valence-electron chi connectivity index (χ4n) is 6.85. The van der Waals surface area contributed by atoms with Gasteiger partial charge in [0.05, 0.1) is 12.2 Å². The van der Waals surface area contributed by atoms with Crippen LogP contribution in [-0.4, -0.2) is 62.1 Å². The molecule has 0 spiro atoms. The molecule has 0 amide bonds. The van der Waals surface area contributed by atoms with Crippen molar-refractivity contribution in [2.45, 2.75) is 63.0 Å². The van der Waals surface area contributed by atoms with E-state index in [2.05, 4.69) is 13.2 Å². The zero-order chi connectivity index (χ0) is 22.7. The van der Waals surface area contributed by atoms with Crippen molar-refractivity contribution < 1.29 is 34.4 Å². The predicted octanol–water partition coefficient (Wildman–Crippen LogP) is 1.42. The molecular weight excluding hydrogens is 391 g/mol. The standard InChI is InChI=1S/C21H27FO6.C2H4/c1-18-6-5-12(24)7-11(18)3-4-13-14-8-15(25)21(28,17(27)10-23)19(14,2)9-16(26)20(13,18)22;1-2/h5-7,13-16,23,25-26,28H,3-4,8-10H2,1-2H3;1-2H2/t13-,14-,15+,16?,18-,19-,20-,21-;/m0./s1. The lowest BCUT2D eigenvalue weighted by Crippen LogP contribution is -2.69. The molecule has 0 aromatic rings. The third-order valence-corrected chi connectivity index (χ3v) is 8.43. The third kappa shape index (κ3) is 2.49. The van der Waals surface area contributed by atoms with Crippen LogP contribution in [0.4, 0.5) is 4.39 Å². The molecule has 3 fully saturated rings. The zero-order valence-corrected chi connectivity index (χ0v) is 17.5. The Balaban J connectivity index is 0.00000124. The third-order valence-electron chi connectivity index (χ3n) is 8.43. The van der Waals surface area contributed by atoms with E-state index in [0.29, 0.717) is 18.4 Å². The Morgan fingerprint density at radius 3 is 2.47 bits per heavy atom. The number of hydrogen-bond acceptors (Lipinski definition) is 6. The van der Waals surface area contributed by atoms with Gasteiger partial charge in [0.1, 0.15) is 6.61 Å². The lowest BCUT2D eigenvalue weighted by molar-refractivity contribution is -0.222.